The zero-order valence-corrected chi connectivity index (χ0v) is 11.0. The molecule has 0 spiro atoms. The first-order valence-electron chi connectivity index (χ1n) is 7.16. The maximum Gasteiger partial charge on any atom is 0.0462 e. The van der Waals surface area contributed by atoms with Crippen LogP contribution in [0, 0.1) is 11.8 Å². The van der Waals surface area contributed by atoms with Crippen LogP contribution >= 0.6 is 0 Å². The Kier molecular flexibility index (Phi) is 7.06. The van der Waals surface area contributed by atoms with Crippen molar-refractivity contribution in [2.75, 3.05) is 13.2 Å². The molecule has 16 heavy (non-hydrogen) atoms. The summed E-state index contributed by atoms with van der Waals surface area (Å²) < 4.78 is 0. The molecular weight excluding hydrogens is 198 g/mol. The maximum atomic E-state index is 9.28. The van der Waals surface area contributed by atoms with Gasteiger partial charge < -0.3 is 10.4 Å². The molecule has 0 amide bonds. The van der Waals surface area contributed by atoms with Gasteiger partial charge in [0, 0.05) is 12.6 Å². The summed E-state index contributed by atoms with van der Waals surface area (Å²) in [6.07, 6.45) is 8.98. The molecule has 0 radical (unpaired) electrons. The van der Waals surface area contributed by atoms with Crippen molar-refractivity contribution >= 4 is 0 Å². The van der Waals surface area contributed by atoms with Gasteiger partial charge in [0.25, 0.3) is 0 Å². The molecule has 0 saturated heterocycles. The monoisotopic (exact) mass is 227 g/mol. The van der Waals surface area contributed by atoms with Crippen molar-refractivity contribution in [1.29, 1.82) is 0 Å². The highest BCUT2D eigenvalue weighted by atomic mass is 16.3. The smallest absolute Gasteiger partial charge is 0.0462 e. The summed E-state index contributed by atoms with van der Waals surface area (Å²) in [5, 5.41) is 13.0. The van der Waals surface area contributed by atoms with Gasteiger partial charge in [-0.05, 0) is 44.1 Å². The van der Waals surface area contributed by atoms with Crippen molar-refractivity contribution in [2.45, 2.75) is 64.8 Å². The molecule has 2 atom stereocenters. The van der Waals surface area contributed by atoms with Crippen LogP contribution in [0.3, 0.4) is 0 Å². The van der Waals surface area contributed by atoms with Crippen molar-refractivity contribution in [2.24, 2.45) is 11.8 Å². The van der Waals surface area contributed by atoms with Crippen molar-refractivity contribution in [1.82, 2.24) is 5.32 Å². The van der Waals surface area contributed by atoms with E-state index in [1.807, 2.05) is 0 Å². The molecule has 0 aromatic heterocycles. The van der Waals surface area contributed by atoms with Crippen LogP contribution in [0.2, 0.25) is 0 Å². The first-order chi connectivity index (χ1) is 7.81. The van der Waals surface area contributed by atoms with E-state index in [-0.39, 0.29) is 0 Å². The van der Waals surface area contributed by atoms with E-state index < -0.39 is 0 Å². The molecule has 1 saturated carbocycles. The molecule has 0 bridgehead atoms. The molecule has 1 rings (SSSR count). The summed E-state index contributed by atoms with van der Waals surface area (Å²) in [6.45, 7) is 6.03. The third kappa shape index (κ3) is 4.42. The Bertz CT molecular complexity index is 166. The Morgan fingerprint density at radius 3 is 2.31 bits per heavy atom. The van der Waals surface area contributed by atoms with Crippen LogP contribution in [-0.4, -0.2) is 24.3 Å². The summed E-state index contributed by atoms with van der Waals surface area (Å²) in [5.74, 6) is 1.29. The SMILES string of the molecule is CCCC(CCC)NCC1CCCC1CO. The first kappa shape index (κ1) is 14.0. The highest BCUT2D eigenvalue weighted by molar-refractivity contribution is 4.80. The second-order valence-electron chi connectivity index (χ2n) is 5.32. The Hall–Kier alpha value is -0.0800. The largest absolute Gasteiger partial charge is 0.396 e. The molecule has 0 heterocycles. The van der Waals surface area contributed by atoms with Crippen LogP contribution in [0.1, 0.15) is 58.8 Å². The van der Waals surface area contributed by atoms with Crippen LogP contribution in [0.15, 0.2) is 0 Å². The minimum atomic E-state index is 0.387. The lowest BCUT2D eigenvalue weighted by atomic mass is 9.96. The molecule has 2 heteroatoms. The average molecular weight is 227 g/mol. The van der Waals surface area contributed by atoms with Gasteiger partial charge in [0.05, 0.1) is 0 Å². The van der Waals surface area contributed by atoms with Crippen molar-refractivity contribution in [3.63, 3.8) is 0 Å². The minimum Gasteiger partial charge on any atom is -0.396 e. The maximum absolute atomic E-state index is 9.28. The van der Waals surface area contributed by atoms with Gasteiger partial charge in [-0.25, -0.2) is 0 Å². The zero-order chi connectivity index (χ0) is 11.8. The van der Waals surface area contributed by atoms with E-state index in [1.54, 1.807) is 0 Å². The van der Waals surface area contributed by atoms with E-state index in [2.05, 4.69) is 19.2 Å². The zero-order valence-electron chi connectivity index (χ0n) is 11.0. The molecule has 2 nitrogen and oxygen atoms in total. The van der Waals surface area contributed by atoms with Gasteiger partial charge in [0.2, 0.25) is 0 Å². The Labute approximate surface area is 101 Å². The minimum absolute atomic E-state index is 0.387. The molecule has 0 aliphatic heterocycles. The number of rotatable bonds is 8. The molecule has 96 valence electrons. The highest BCUT2D eigenvalue weighted by Gasteiger charge is 2.26. The quantitative estimate of drug-likeness (QED) is 0.668. The predicted octanol–water partition coefficient (Wildman–Crippen LogP) is 2.95. The van der Waals surface area contributed by atoms with Crippen molar-refractivity contribution < 1.29 is 5.11 Å². The summed E-state index contributed by atoms with van der Waals surface area (Å²) in [4.78, 5) is 0. The third-order valence-corrected chi connectivity index (χ3v) is 3.99. The lowest BCUT2D eigenvalue weighted by molar-refractivity contribution is 0.189. The number of aliphatic hydroxyl groups excluding tert-OH is 1. The number of aliphatic hydroxyl groups is 1. The van der Waals surface area contributed by atoms with Gasteiger partial charge in [0.1, 0.15) is 0 Å². The summed E-state index contributed by atoms with van der Waals surface area (Å²) in [5.41, 5.74) is 0. The van der Waals surface area contributed by atoms with E-state index in [0.29, 0.717) is 18.6 Å². The fraction of sp³-hybridized carbons (Fsp3) is 1.00. The van der Waals surface area contributed by atoms with Gasteiger partial charge in [0.15, 0.2) is 0 Å². The highest BCUT2D eigenvalue weighted by Crippen LogP contribution is 2.30. The van der Waals surface area contributed by atoms with Crippen LogP contribution in [0.5, 0.6) is 0 Å². The standard InChI is InChI=1S/C14H29NO/c1-3-6-14(7-4-2)15-10-12-8-5-9-13(12)11-16/h12-16H,3-11H2,1-2H3. The van der Waals surface area contributed by atoms with Gasteiger partial charge in [-0.1, -0.05) is 33.1 Å². The lowest BCUT2D eigenvalue weighted by Crippen LogP contribution is -2.35. The van der Waals surface area contributed by atoms with Gasteiger partial charge >= 0.3 is 0 Å². The van der Waals surface area contributed by atoms with Gasteiger partial charge in [-0.3, -0.25) is 0 Å². The summed E-state index contributed by atoms with van der Waals surface area (Å²) in [7, 11) is 0. The van der Waals surface area contributed by atoms with Crippen LogP contribution in [0.25, 0.3) is 0 Å². The van der Waals surface area contributed by atoms with E-state index in [0.717, 1.165) is 12.5 Å². The van der Waals surface area contributed by atoms with Gasteiger partial charge in [-0.2, -0.15) is 0 Å². The summed E-state index contributed by atoms with van der Waals surface area (Å²) in [6, 6.07) is 0.704. The fourth-order valence-electron chi connectivity index (χ4n) is 2.99. The van der Waals surface area contributed by atoms with E-state index in [1.165, 1.54) is 44.9 Å². The first-order valence-corrected chi connectivity index (χ1v) is 7.16. The predicted molar refractivity (Wildman–Crippen MR) is 69.5 cm³/mol. The fourth-order valence-corrected chi connectivity index (χ4v) is 2.99. The van der Waals surface area contributed by atoms with Crippen molar-refractivity contribution in [3.05, 3.63) is 0 Å². The molecule has 1 aliphatic carbocycles. The molecule has 2 N–H and O–H groups in total. The van der Waals surface area contributed by atoms with Crippen LogP contribution in [0.4, 0.5) is 0 Å². The van der Waals surface area contributed by atoms with Gasteiger partial charge in [-0.15, -0.1) is 0 Å². The number of hydrogen-bond donors (Lipinski definition) is 2. The molecule has 0 aromatic rings. The number of nitrogens with one attached hydrogen (secondary N) is 1. The molecule has 2 unspecified atom stereocenters. The normalized spacial score (nSPS) is 25.5. The van der Waals surface area contributed by atoms with E-state index >= 15 is 0 Å². The lowest BCUT2D eigenvalue weighted by Gasteiger charge is -2.23. The topological polar surface area (TPSA) is 32.3 Å². The average Bonchev–Trinajstić information content (AvgIpc) is 2.74. The Balaban J connectivity index is 2.24. The molecular formula is C14H29NO. The Morgan fingerprint density at radius 2 is 1.75 bits per heavy atom. The van der Waals surface area contributed by atoms with Crippen LogP contribution in [-0.2, 0) is 0 Å². The third-order valence-electron chi connectivity index (χ3n) is 3.99. The second kappa shape index (κ2) is 8.08. The van der Waals surface area contributed by atoms with Crippen molar-refractivity contribution in [3.8, 4) is 0 Å². The van der Waals surface area contributed by atoms with E-state index in [9.17, 15) is 5.11 Å². The molecule has 1 fully saturated rings. The Morgan fingerprint density at radius 1 is 1.12 bits per heavy atom. The summed E-state index contributed by atoms with van der Waals surface area (Å²) >= 11 is 0. The van der Waals surface area contributed by atoms with Crippen LogP contribution < -0.4 is 5.32 Å². The van der Waals surface area contributed by atoms with E-state index in [4.69, 9.17) is 0 Å². The second-order valence-corrected chi connectivity index (χ2v) is 5.32. The number of hydrogen-bond acceptors (Lipinski definition) is 2. The molecule has 1 aliphatic rings. The molecule has 0 aromatic carbocycles.